The molecule has 4 rings (SSSR count). The van der Waals surface area contributed by atoms with Gasteiger partial charge in [-0.15, -0.1) is 0 Å². The maximum atomic E-state index is 12.3. The van der Waals surface area contributed by atoms with Crippen LogP contribution in [0.25, 0.3) is 0 Å². The number of esters is 1. The van der Waals surface area contributed by atoms with Crippen LogP contribution in [0.15, 0.2) is 77.3 Å². The van der Waals surface area contributed by atoms with Crippen molar-refractivity contribution < 1.29 is 9.53 Å². The predicted octanol–water partition coefficient (Wildman–Crippen LogP) is 5.79. The summed E-state index contributed by atoms with van der Waals surface area (Å²) in [4.78, 5) is 14.5. The number of anilines is 1. The number of nitrogens with zero attached hydrogens (tertiary/aromatic N) is 1. The highest BCUT2D eigenvalue weighted by Crippen LogP contribution is 2.44. The molecule has 0 unspecified atom stereocenters. The predicted molar refractivity (Wildman–Crippen MR) is 119 cm³/mol. The molecular weight excluding hydrogens is 452 g/mol. The van der Waals surface area contributed by atoms with Crippen molar-refractivity contribution in [2.45, 2.75) is 12.2 Å². The minimum Gasteiger partial charge on any atom is -0.468 e. The average molecular weight is 472 g/mol. The molecule has 6 heteroatoms. The molecule has 0 fully saturated rings. The van der Waals surface area contributed by atoms with Crippen molar-refractivity contribution in [1.82, 2.24) is 4.90 Å². The number of nitrogens with one attached hydrogen (secondary N) is 1. The van der Waals surface area contributed by atoms with Gasteiger partial charge in [0.25, 0.3) is 0 Å². The van der Waals surface area contributed by atoms with Crippen LogP contribution >= 0.6 is 27.5 Å². The molecule has 148 valence electrons. The van der Waals surface area contributed by atoms with E-state index in [1.807, 2.05) is 48.5 Å². The van der Waals surface area contributed by atoms with Crippen molar-refractivity contribution in [1.29, 1.82) is 0 Å². The molecule has 0 aromatic heterocycles. The lowest BCUT2D eigenvalue weighted by molar-refractivity contribution is -0.143. The first-order chi connectivity index (χ1) is 14.1. The smallest absolute Gasteiger partial charge is 0.319 e. The number of rotatable bonds is 4. The number of hydrogen-bond donors (Lipinski definition) is 1. The Bertz CT molecular complexity index is 1010. The van der Waals surface area contributed by atoms with Crippen LogP contribution in [-0.2, 0) is 9.53 Å². The zero-order chi connectivity index (χ0) is 20.4. The molecular formula is C23H20BrClN2O2. The summed E-state index contributed by atoms with van der Waals surface area (Å²) < 4.78 is 6.00. The van der Waals surface area contributed by atoms with Crippen LogP contribution in [0, 0.1) is 0 Å². The standard InChI is InChI=1S/C23H20BrClN2O2/c1-29-21(28)14-27-22(15-5-3-2-4-6-15)19-13-17(24)9-12-20(19)26-23(27)16-7-10-18(25)11-8-16/h2-13,22-23,26H,14H2,1H3/t22-,23+/m1/s1. The quantitative estimate of drug-likeness (QED) is 0.489. The molecule has 0 spiro atoms. The van der Waals surface area contributed by atoms with E-state index in [-0.39, 0.29) is 24.7 Å². The highest BCUT2D eigenvalue weighted by molar-refractivity contribution is 9.10. The van der Waals surface area contributed by atoms with Crippen molar-refractivity contribution in [3.8, 4) is 0 Å². The summed E-state index contributed by atoms with van der Waals surface area (Å²) in [7, 11) is 1.42. The lowest BCUT2D eigenvalue weighted by atomic mass is 9.91. The Labute approximate surface area is 183 Å². The van der Waals surface area contributed by atoms with Crippen molar-refractivity contribution >= 4 is 39.2 Å². The van der Waals surface area contributed by atoms with Crippen LogP contribution in [0.1, 0.15) is 28.9 Å². The van der Waals surface area contributed by atoms with Gasteiger partial charge in [-0.1, -0.05) is 70.0 Å². The van der Waals surface area contributed by atoms with Crippen LogP contribution in [0.3, 0.4) is 0 Å². The molecule has 0 radical (unpaired) electrons. The number of carbonyl (C=O) groups is 1. The van der Waals surface area contributed by atoms with Gasteiger partial charge in [0.1, 0.15) is 6.17 Å². The molecule has 4 nitrogen and oxygen atoms in total. The molecule has 2 atom stereocenters. The Morgan fingerprint density at radius 2 is 1.79 bits per heavy atom. The van der Waals surface area contributed by atoms with Crippen molar-refractivity contribution in [3.05, 3.63) is 99.0 Å². The number of ether oxygens (including phenoxy) is 1. The van der Waals surface area contributed by atoms with Gasteiger partial charge in [0.15, 0.2) is 0 Å². The summed E-state index contributed by atoms with van der Waals surface area (Å²) in [5.41, 5.74) is 4.26. The molecule has 1 aliphatic rings. The fourth-order valence-corrected chi connectivity index (χ4v) is 4.28. The summed E-state index contributed by atoms with van der Waals surface area (Å²) >= 11 is 9.69. The highest BCUT2D eigenvalue weighted by atomic mass is 79.9. The molecule has 0 saturated carbocycles. The lowest BCUT2D eigenvalue weighted by Crippen LogP contribution is -2.44. The van der Waals surface area contributed by atoms with E-state index in [4.69, 9.17) is 16.3 Å². The number of halogens is 2. The Morgan fingerprint density at radius 1 is 1.07 bits per heavy atom. The van der Waals surface area contributed by atoms with E-state index in [0.717, 1.165) is 26.9 Å². The summed E-state index contributed by atoms with van der Waals surface area (Å²) in [5.74, 6) is -0.287. The van der Waals surface area contributed by atoms with Crippen LogP contribution < -0.4 is 5.32 Å². The molecule has 1 heterocycles. The van der Waals surface area contributed by atoms with E-state index in [1.54, 1.807) is 0 Å². The monoisotopic (exact) mass is 470 g/mol. The maximum absolute atomic E-state index is 12.3. The first-order valence-electron chi connectivity index (χ1n) is 9.26. The van der Waals surface area contributed by atoms with Gasteiger partial charge >= 0.3 is 5.97 Å². The Kier molecular flexibility index (Phi) is 5.90. The normalized spacial score (nSPS) is 18.6. The molecule has 0 amide bonds. The van der Waals surface area contributed by atoms with Crippen LogP contribution in [-0.4, -0.2) is 24.5 Å². The van der Waals surface area contributed by atoms with Gasteiger partial charge in [0.05, 0.1) is 19.7 Å². The number of carbonyl (C=O) groups excluding carboxylic acids is 1. The Balaban J connectivity index is 1.88. The zero-order valence-electron chi connectivity index (χ0n) is 15.8. The fourth-order valence-electron chi connectivity index (χ4n) is 3.77. The van der Waals surface area contributed by atoms with Gasteiger partial charge in [-0.05, 0) is 47.0 Å². The SMILES string of the molecule is COC(=O)CN1[C@H](c2ccccc2)c2cc(Br)ccc2N[C@@H]1c1ccc(Cl)cc1. The number of methoxy groups -OCH3 is 1. The third-order valence-corrected chi connectivity index (χ3v) is 5.85. The molecule has 1 aliphatic heterocycles. The summed E-state index contributed by atoms with van der Waals surface area (Å²) in [6.45, 7) is 0.141. The Morgan fingerprint density at radius 3 is 2.48 bits per heavy atom. The Hall–Kier alpha value is -2.34. The van der Waals surface area contributed by atoms with E-state index in [1.165, 1.54) is 7.11 Å². The first-order valence-corrected chi connectivity index (χ1v) is 10.4. The number of hydrogen-bond acceptors (Lipinski definition) is 4. The van der Waals surface area contributed by atoms with Crippen molar-refractivity contribution in [2.75, 3.05) is 19.0 Å². The van der Waals surface area contributed by atoms with Crippen molar-refractivity contribution in [3.63, 3.8) is 0 Å². The maximum Gasteiger partial charge on any atom is 0.319 e. The minimum atomic E-state index is -0.287. The highest BCUT2D eigenvalue weighted by Gasteiger charge is 2.37. The summed E-state index contributed by atoms with van der Waals surface area (Å²) in [6.07, 6.45) is -0.217. The molecule has 0 bridgehead atoms. The fraction of sp³-hybridized carbons (Fsp3) is 0.174. The number of fused-ring (bicyclic) bond motifs is 1. The summed E-state index contributed by atoms with van der Waals surface area (Å²) in [5, 5.41) is 4.27. The van der Waals surface area contributed by atoms with Gasteiger partial charge in [0.2, 0.25) is 0 Å². The topological polar surface area (TPSA) is 41.6 Å². The van der Waals surface area contributed by atoms with Crippen LogP contribution in [0.5, 0.6) is 0 Å². The largest absolute Gasteiger partial charge is 0.468 e. The number of benzene rings is 3. The van der Waals surface area contributed by atoms with Crippen LogP contribution in [0.2, 0.25) is 5.02 Å². The van der Waals surface area contributed by atoms with Gasteiger partial charge < -0.3 is 10.1 Å². The average Bonchev–Trinajstić information content (AvgIpc) is 2.74. The lowest BCUT2D eigenvalue weighted by Gasteiger charge is -2.44. The van der Waals surface area contributed by atoms with Gasteiger partial charge in [-0.3, -0.25) is 9.69 Å². The van der Waals surface area contributed by atoms with Crippen molar-refractivity contribution in [2.24, 2.45) is 0 Å². The van der Waals surface area contributed by atoms with Gasteiger partial charge in [0, 0.05) is 15.2 Å². The second-order valence-electron chi connectivity index (χ2n) is 6.89. The zero-order valence-corrected chi connectivity index (χ0v) is 18.2. The van der Waals surface area contributed by atoms with Gasteiger partial charge in [-0.2, -0.15) is 0 Å². The molecule has 3 aromatic carbocycles. The molecule has 1 N–H and O–H groups in total. The second kappa shape index (κ2) is 8.57. The van der Waals surface area contributed by atoms with Gasteiger partial charge in [-0.25, -0.2) is 0 Å². The van der Waals surface area contributed by atoms with Crippen LogP contribution in [0.4, 0.5) is 5.69 Å². The third-order valence-electron chi connectivity index (χ3n) is 5.10. The molecule has 3 aromatic rings. The second-order valence-corrected chi connectivity index (χ2v) is 8.24. The van der Waals surface area contributed by atoms with E-state index >= 15 is 0 Å². The first kappa shape index (κ1) is 20.0. The molecule has 0 aliphatic carbocycles. The molecule has 0 saturated heterocycles. The minimum absolute atomic E-state index is 0.121. The van der Waals surface area contributed by atoms with E-state index in [2.05, 4.69) is 50.4 Å². The molecule has 29 heavy (non-hydrogen) atoms. The van der Waals surface area contributed by atoms with E-state index < -0.39 is 0 Å². The third kappa shape index (κ3) is 4.17. The summed E-state index contributed by atoms with van der Waals surface area (Å²) in [6, 6.07) is 24.0. The van der Waals surface area contributed by atoms with E-state index in [9.17, 15) is 4.79 Å². The van der Waals surface area contributed by atoms with E-state index in [0.29, 0.717) is 5.02 Å².